The van der Waals surface area contributed by atoms with E-state index in [4.69, 9.17) is 5.84 Å². The second kappa shape index (κ2) is 5.99. The number of hydrogen-bond acceptors (Lipinski definition) is 5. The van der Waals surface area contributed by atoms with Crippen LogP contribution in [0.2, 0.25) is 0 Å². The van der Waals surface area contributed by atoms with Crippen molar-refractivity contribution >= 4 is 27.6 Å². The molecule has 110 valence electrons. The molecule has 1 aliphatic carbocycles. The van der Waals surface area contributed by atoms with Crippen LogP contribution in [0.15, 0.2) is 34.8 Å². The van der Waals surface area contributed by atoms with E-state index in [2.05, 4.69) is 48.4 Å². The lowest BCUT2D eigenvalue weighted by atomic mass is 10.2. The van der Waals surface area contributed by atoms with Crippen molar-refractivity contribution in [2.24, 2.45) is 5.84 Å². The highest BCUT2D eigenvalue weighted by Crippen LogP contribution is 2.39. The monoisotopic (exact) mass is 347 g/mol. The molecule has 3 N–H and O–H groups in total. The van der Waals surface area contributed by atoms with Crippen molar-refractivity contribution in [2.45, 2.75) is 25.3 Å². The Hall–Kier alpha value is -1.66. The van der Waals surface area contributed by atoms with Gasteiger partial charge in [0, 0.05) is 30.0 Å². The number of aromatic nitrogens is 2. The van der Waals surface area contributed by atoms with E-state index in [1.807, 2.05) is 25.2 Å². The summed E-state index contributed by atoms with van der Waals surface area (Å²) in [6.45, 7) is 0.790. The normalized spacial score (nSPS) is 14.0. The first kappa shape index (κ1) is 14.3. The first-order valence-corrected chi connectivity index (χ1v) is 7.76. The van der Waals surface area contributed by atoms with Gasteiger partial charge in [0.15, 0.2) is 0 Å². The zero-order valence-electron chi connectivity index (χ0n) is 11.9. The third-order valence-corrected chi connectivity index (χ3v) is 4.07. The topological polar surface area (TPSA) is 67.1 Å². The predicted molar refractivity (Wildman–Crippen MR) is 88.1 cm³/mol. The number of benzene rings is 1. The van der Waals surface area contributed by atoms with Crippen LogP contribution < -0.4 is 16.2 Å². The second-order valence-electron chi connectivity index (χ2n) is 5.37. The summed E-state index contributed by atoms with van der Waals surface area (Å²) in [5.74, 6) is 8.47. The Morgan fingerprint density at radius 3 is 2.62 bits per heavy atom. The largest absolute Gasteiger partial charge is 0.355 e. The Kier molecular flexibility index (Phi) is 4.07. The Morgan fingerprint density at radius 2 is 2.00 bits per heavy atom. The summed E-state index contributed by atoms with van der Waals surface area (Å²) in [6.07, 6.45) is 2.34. The summed E-state index contributed by atoms with van der Waals surface area (Å²) in [4.78, 5) is 11.2. The molecule has 1 aromatic heterocycles. The van der Waals surface area contributed by atoms with E-state index in [-0.39, 0.29) is 0 Å². The van der Waals surface area contributed by atoms with Crippen LogP contribution in [-0.2, 0) is 6.54 Å². The van der Waals surface area contributed by atoms with Gasteiger partial charge in [-0.15, -0.1) is 0 Å². The quantitative estimate of drug-likeness (QED) is 0.642. The van der Waals surface area contributed by atoms with E-state index in [0.29, 0.717) is 11.7 Å². The van der Waals surface area contributed by atoms with Gasteiger partial charge in [-0.25, -0.2) is 15.8 Å². The molecule has 1 saturated carbocycles. The molecular weight excluding hydrogens is 330 g/mol. The van der Waals surface area contributed by atoms with Gasteiger partial charge in [-0.05, 0) is 30.5 Å². The number of hydrazine groups is 1. The molecule has 0 aliphatic heterocycles. The second-order valence-corrected chi connectivity index (χ2v) is 6.29. The molecule has 1 fully saturated rings. The third-order valence-electron chi connectivity index (χ3n) is 3.54. The molecule has 0 bridgehead atoms. The number of anilines is 2. The van der Waals surface area contributed by atoms with Crippen LogP contribution in [0.1, 0.15) is 30.1 Å². The summed E-state index contributed by atoms with van der Waals surface area (Å²) >= 11 is 3.45. The molecule has 21 heavy (non-hydrogen) atoms. The number of nitrogen functional groups attached to an aromatic ring is 1. The zero-order chi connectivity index (χ0) is 14.8. The Bertz CT molecular complexity index is 624. The van der Waals surface area contributed by atoms with Crippen LogP contribution >= 0.6 is 15.9 Å². The van der Waals surface area contributed by atoms with Crippen molar-refractivity contribution in [3.63, 3.8) is 0 Å². The highest BCUT2D eigenvalue weighted by atomic mass is 79.9. The molecule has 0 spiro atoms. The number of hydrogen-bond donors (Lipinski definition) is 2. The van der Waals surface area contributed by atoms with Crippen molar-refractivity contribution in [1.82, 2.24) is 9.97 Å². The van der Waals surface area contributed by atoms with Gasteiger partial charge in [0.2, 0.25) is 0 Å². The molecule has 1 aliphatic rings. The first-order valence-electron chi connectivity index (χ1n) is 6.97. The number of halogens is 1. The fourth-order valence-electron chi connectivity index (χ4n) is 2.19. The van der Waals surface area contributed by atoms with Crippen LogP contribution in [0, 0.1) is 0 Å². The van der Waals surface area contributed by atoms with Gasteiger partial charge in [0.05, 0.1) is 0 Å². The number of nitrogens with one attached hydrogen (secondary N) is 1. The Balaban J connectivity index is 1.81. The molecule has 6 heteroatoms. The molecule has 5 nitrogen and oxygen atoms in total. The van der Waals surface area contributed by atoms with Gasteiger partial charge >= 0.3 is 0 Å². The average Bonchev–Trinajstić information content (AvgIpc) is 3.34. The third kappa shape index (κ3) is 3.51. The molecule has 1 heterocycles. The maximum atomic E-state index is 5.51. The molecule has 0 radical (unpaired) electrons. The molecule has 0 saturated heterocycles. The fourth-order valence-corrected chi connectivity index (χ4v) is 2.46. The molecule has 0 atom stereocenters. The maximum absolute atomic E-state index is 5.51. The Morgan fingerprint density at radius 1 is 1.29 bits per heavy atom. The summed E-state index contributed by atoms with van der Waals surface area (Å²) < 4.78 is 1.08. The van der Waals surface area contributed by atoms with Crippen LogP contribution in [0.3, 0.4) is 0 Å². The van der Waals surface area contributed by atoms with E-state index < -0.39 is 0 Å². The van der Waals surface area contributed by atoms with Crippen LogP contribution in [0.4, 0.5) is 11.6 Å². The first-order chi connectivity index (χ1) is 10.2. The van der Waals surface area contributed by atoms with Gasteiger partial charge in [-0.1, -0.05) is 28.1 Å². The summed E-state index contributed by atoms with van der Waals surface area (Å²) in [6, 6.07) is 10.2. The summed E-state index contributed by atoms with van der Waals surface area (Å²) in [5.41, 5.74) is 3.86. The standard InChI is InChI=1S/C15H18BrN5/c1-21(9-10-2-6-12(16)7-3-10)14-8-13(20-17)18-15(19-14)11-4-5-11/h2-3,6-8,11H,4-5,9,17H2,1H3,(H,18,19,20). The minimum absolute atomic E-state index is 0.498. The maximum Gasteiger partial charge on any atom is 0.145 e. The van der Waals surface area contributed by atoms with E-state index >= 15 is 0 Å². The molecule has 1 aromatic carbocycles. The summed E-state index contributed by atoms with van der Waals surface area (Å²) in [5, 5.41) is 0. The van der Waals surface area contributed by atoms with Crippen molar-refractivity contribution in [2.75, 3.05) is 17.4 Å². The van der Waals surface area contributed by atoms with Crippen LogP contribution in [0.25, 0.3) is 0 Å². The minimum Gasteiger partial charge on any atom is -0.355 e. The molecule has 0 unspecified atom stereocenters. The lowest BCUT2D eigenvalue weighted by molar-refractivity contribution is 0.854. The smallest absolute Gasteiger partial charge is 0.145 e. The number of nitrogens with zero attached hydrogens (tertiary/aromatic N) is 3. The van der Waals surface area contributed by atoms with E-state index in [1.54, 1.807) is 0 Å². The lowest BCUT2D eigenvalue weighted by Crippen LogP contribution is -2.20. The number of rotatable bonds is 5. The number of nitrogens with two attached hydrogens (primary N) is 1. The predicted octanol–water partition coefficient (Wildman–Crippen LogP) is 3.04. The molecule has 0 amide bonds. The summed E-state index contributed by atoms with van der Waals surface area (Å²) in [7, 11) is 2.03. The van der Waals surface area contributed by atoms with Crippen molar-refractivity contribution < 1.29 is 0 Å². The van der Waals surface area contributed by atoms with Crippen molar-refractivity contribution in [3.05, 3.63) is 46.2 Å². The van der Waals surface area contributed by atoms with E-state index in [9.17, 15) is 0 Å². The van der Waals surface area contributed by atoms with Gasteiger partial charge in [-0.2, -0.15) is 0 Å². The van der Waals surface area contributed by atoms with Gasteiger partial charge in [0.25, 0.3) is 0 Å². The highest BCUT2D eigenvalue weighted by Gasteiger charge is 2.27. The Labute approximate surface area is 132 Å². The van der Waals surface area contributed by atoms with Gasteiger partial charge in [0.1, 0.15) is 17.5 Å². The van der Waals surface area contributed by atoms with Crippen molar-refractivity contribution in [3.8, 4) is 0 Å². The fraction of sp³-hybridized carbons (Fsp3) is 0.333. The molecule has 2 aromatic rings. The van der Waals surface area contributed by atoms with E-state index in [0.717, 1.165) is 22.7 Å². The SMILES string of the molecule is CN(Cc1ccc(Br)cc1)c1cc(NN)nc(C2CC2)n1. The highest BCUT2D eigenvalue weighted by molar-refractivity contribution is 9.10. The zero-order valence-corrected chi connectivity index (χ0v) is 13.5. The molecular formula is C15H18BrN5. The van der Waals surface area contributed by atoms with Gasteiger partial charge < -0.3 is 10.3 Å². The molecule has 3 rings (SSSR count). The van der Waals surface area contributed by atoms with Crippen molar-refractivity contribution in [1.29, 1.82) is 0 Å². The van der Waals surface area contributed by atoms with Crippen LogP contribution in [-0.4, -0.2) is 17.0 Å². The lowest BCUT2D eigenvalue weighted by Gasteiger charge is -2.19. The minimum atomic E-state index is 0.498. The van der Waals surface area contributed by atoms with Gasteiger partial charge in [-0.3, -0.25) is 0 Å². The van der Waals surface area contributed by atoms with E-state index in [1.165, 1.54) is 18.4 Å². The average molecular weight is 348 g/mol. The van der Waals surface area contributed by atoms with Crippen LogP contribution in [0.5, 0.6) is 0 Å².